The first kappa shape index (κ1) is 32.7. The van der Waals surface area contributed by atoms with Crippen molar-refractivity contribution in [3.05, 3.63) is 0 Å². The molecule has 0 heterocycles. The summed E-state index contributed by atoms with van der Waals surface area (Å²) in [6, 6.07) is 0.218. The zero-order chi connectivity index (χ0) is 25.5. The zero-order valence-electron chi connectivity index (χ0n) is 23.2. The maximum atomic E-state index is 12.3. The highest BCUT2D eigenvalue weighted by molar-refractivity contribution is 5.76. The number of nitrogens with one attached hydrogen (secondary N) is 2. The third-order valence-electron chi connectivity index (χ3n) is 7.05. The second-order valence-corrected chi connectivity index (χ2v) is 10.4. The van der Waals surface area contributed by atoms with Gasteiger partial charge in [-0.15, -0.1) is 0 Å². The summed E-state index contributed by atoms with van der Waals surface area (Å²) in [7, 11) is 0. The van der Waals surface area contributed by atoms with Crippen LogP contribution in [0.2, 0.25) is 0 Å². The van der Waals surface area contributed by atoms with E-state index in [-0.39, 0.29) is 23.4 Å². The Balaban J connectivity index is 3.73. The average Bonchev–Trinajstić information content (AvgIpc) is 2.82. The molecule has 0 bridgehead atoms. The molecule has 0 fully saturated rings. The number of carbonyl (C=O) groups is 1. The molecule has 0 spiro atoms. The summed E-state index contributed by atoms with van der Waals surface area (Å²) in [5.41, 5.74) is 10.8. The standard InChI is InChI=1S/C28H59N5O/c1-5-8-9-10-11-12-13-14-15-16-17-18-19-20-21-26(34)33-25(6-2)22-23-32-28(4,7-3)24-31-27(29)30/h25,32H,5-24H2,1-4H3,(H,33,34)(H4,29,30,31). The van der Waals surface area contributed by atoms with Gasteiger partial charge in [0.2, 0.25) is 5.91 Å². The Morgan fingerprint density at radius 3 is 1.76 bits per heavy atom. The van der Waals surface area contributed by atoms with E-state index in [1.54, 1.807) is 0 Å². The maximum absolute atomic E-state index is 12.3. The molecule has 0 aliphatic heterocycles. The van der Waals surface area contributed by atoms with Crippen LogP contribution in [0.1, 0.15) is 143 Å². The molecule has 0 aromatic rings. The summed E-state index contributed by atoms with van der Waals surface area (Å²) in [5.74, 6) is 0.327. The molecular formula is C28H59N5O. The fourth-order valence-electron chi connectivity index (χ4n) is 4.26. The van der Waals surface area contributed by atoms with E-state index >= 15 is 0 Å². The minimum Gasteiger partial charge on any atom is -0.370 e. The lowest BCUT2D eigenvalue weighted by Crippen LogP contribution is -2.47. The van der Waals surface area contributed by atoms with Crippen molar-refractivity contribution in [2.75, 3.05) is 13.1 Å². The minimum absolute atomic E-state index is 0.124. The molecule has 6 nitrogen and oxygen atoms in total. The van der Waals surface area contributed by atoms with Crippen LogP contribution in [0.4, 0.5) is 0 Å². The highest BCUT2D eigenvalue weighted by Gasteiger charge is 2.21. The van der Waals surface area contributed by atoms with Crippen LogP contribution in [0.5, 0.6) is 0 Å². The molecule has 0 aromatic heterocycles. The molecule has 202 valence electrons. The predicted octanol–water partition coefficient (Wildman–Crippen LogP) is 6.17. The summed E-state index contributed by atoms with van der Waals surface area (Å²) in [6.07, 6.45) is 22.2. The number of carbonyl (C=O) groups excluding carboxylic acids is 1. The van der Waals surface area contributed by atoms with Gasteiger partial charge < -0.3 is 22.1 Å². The number of guanidine groups is 1. The molecule has 0 aromatic carbocycles. The van der Waals surface area contributed by atoms with Gasteiger partial charge in [0.25, 0.3) is 0 Å². The number of unbranched alkanes of at least 4 members (excludes halogenated alkanes) is 13. The number of rotatable bonds is 24. The lowest BCUT2D eigenvalue weighted by Gasteiger charge is -2.29. The normalized spacial score (nSPS) is 13.9. The van der Waals surface area contributed by atoms with Gasteiger partial charge in [-0.2, -0.15) is 0 Å². The average molecular weight is 482 g/mol. The van der Waals surface area contributed by atoms with E-state index < -0.39 is 0 Å². The van der Waals surface area contributed by atoms with Gasteiger partial charge in [-0.25, -0.2) is 0 Å². The van der Waals surface area contributed by atoms with E-state index in [9.17, 15) is 4.79 Å². The zero-order valence-corrected chi connectivity index (χ0v) is 23.2. The Hall–Kier alpha value is -1.30. The van der Waals surface area contributed by atoms with Crippen LogP contribution in [0, 0.1) is 0 Å². The fraction of sp³-hybridized carbons (Fsp3) is 0.929. The molecule has 1 amide bonds. The Morgan fingerprint density at radius 1 is 0.824 bits per heavy atom. The van der Waals surface area contributed by atoms with Crippen molar-refractivity contribution in [1.82, 2.24) is 10.6 Å². The van der Waals surface area contributed by atoms with Gasteiger partial charge in [-0.3, -0.25) is 9.79 Å². The van der Waals surface area contributed by atoms with Crippen LogP contribution >= 0.6 is 0 Å². The van der Waals surface area contributed by atoms with Crippen molar-refractivity contribution in [3.8, 4) is 0 Å². The predicted molar refractivity (Wildman–Crippen MR) is 149 cm³/mol. The van der Waals surface area contributed by atoms with Gasteiger partial charge in [-0.05, 0) is 39.2 Å². The summed E-state index contributed by atoms with van der Waals surface area (Å²) in [6.45, 7) is 10.1. The molecule has 0 radical (unpaired) electrons. The molecule has 0 saturated carbocycles. The number of hydrogen-bond donors (Lipinski definition) is 4. The maximum Gasteiger partial charge on any atom is 0.220 e. The topological polar surface area (TPSA) is 106 Å². The number of nitrogens with two attached hydrogens (primary N) is 2. The number of hydrogen-bond acceptors (Lipinski definition) is 3. The Morgan fingerprint density at radius 2 is 1.32 bits per heavy atom. The van der Waals surface area contributed by atoms with E-state index in [2.05, 4.69) is 43.3 Å². The van der Waals surface area contributed by atoms with Gasteiger partial charge in [0.15, 0.2) is 5.96 Å². The largest absolute Gasteiger partial charge is 0.370 e. The number of aliphatic imine (C=N–C) groups is 1. The van der Waals surface area contributed by atoms with Crippen LogP contribution in [-0.4, -0.2) is 36.5 Å². The number of amides is 1. The van der Waals surface area contributed by atoms with Crippen molar-refractivity contribution >= 4 is 11.9 Å². The van der Waals surface area contributed by atoms with Crippen molar-refractivity contribution < 1.29 is 4.79 Å². The second-order valence-electron chi connectivity index (χ2n) is 10.4. The van der Waals surface area contributed by atoms with E-state index in [1.165, 1.54) is 83.5 Å². The first-order valence-electron chi connectivity index (χ1n) is 14.5. The van der Waals surface area contributed by atoms with Crippen molar-refractivity contribution in [1.29, 1.82) is 0 Å². The van der Waals surface area contributed by atoms with Gasteiger partial charge in [0.1, 0.15) is 0 Å². The highest BCUT2D eigenvalue weighted by Crippen LogP contribution is 2.14. The molecule has 2 unspecified atom stereocenters. The minimum atomic E-state index is -0.124. The molecule has 0 aliphatic rings. The number of nitrogens with zero attached hydrogens (tertiary/aromatic N) is 1. The van der Waals surface area contributed by atoms with E-state index in [0.29, 0.717) is 13.0 Å². The lowest BCUT2D eigenvalue weighted by atomic mass is 9.98. The Bertz CT molecular complexity index is 507. The lowest BCUT2D eigenvalue weighted by molar-refractivity contribution is -0.122. The molecular weight excluding hydrogens is 422 g/mol. The van der Waals surface area contributed by atoms with Crippen molar-refractivity contribution in [2.24, 2.45) is 16.5 Å². The van der Waals surface area contributed by atoms with Gasteiger partial charge >= 0.3 is 0 Å². The van der Waals surface area contributed by atoms with Crippen LogP contribution in [-0.2, 0) is 4.79 Å². The molecule has 6 heteroatoms. The van der Waals surface area contributed by atoms with Crippen molar-refractivity contribution in [2.45, 2.75) is 155 Å². The molecule has 6 N–H and O–H groups in total. The fourth-order valence-corrected chi connectivity index (χ4v) is 4.26. The van der Waals surface area contributed by atoms with Crippen LogP contribution in [0.15, 0.2) is 4.99 Å². The van der Waals surface area contributed by atoms with Gasteiger partial charge in [0.05, 0.1) is 6.54 Å². The van der Waals surface area contributed by atoms with Crippen LogP contribution in [0.3, 0.4) is 0 Å². The SMILES string of the molecule is CCCCCCCCCCCCCCCCC(=O)NC(CC)CCNC(C)(CC)CN=C(N)N. The molecule has 0 aliphatic carbocycles. The summed E-state index contributed by atoms with van der Waals surface area (Å²) in [4.78, 5) is 16.5. The van der Waals surface area contributed by atoms with E-state index in [4.69, 9.17) is 11.5 Å². The van der Waals surface area contributed by atoms with Gasteiger partial charge in [0, 0.05) is 18.0 Å². The first-order valence-corrected chi connectivity index (χ1v) is 14.5. The monoisotopic (exact) mass is 481 g/mol. The first-order chi connectivity index (χ1) is 16.4. The molecule has 2 atom stereocenters. The second kappa shape index (κ2) is 22.2. The van der Waals surface area contributed by atoms with Gasteiger partial charge in [-0.1, -0.05) is 104 Å². The smallest absolute Gasteiger partial charge is 0.220 e. The Kier molecular flexibility index (Phi) is 21.3. The summed E-state index contributed by atoms with van der Waals surface area (Å²) in [5, 5.41) is 6.79. The molecule has 0 saturated heterocycles. The highest BCUT2D eigenvalue weighted by atomic mass is 16.1. The van der Waals surface area contributed by atoms with E-state index in [1.807, 2.05) is 0 Å². The Labute approximate surface area is 211 Å². The van der Waals surface area contributed by atoms with Crippen LogP contribution < -0.4 is 22.1 Å². The third-order valence-corrected chi connectivity index (χ3v) is 7.05. The molecule has 0 rings (SSSR count). The quantitative estimate of drug-likeness (QED) is 0.0751. The third kappa shape index (κ3) is 20.1. The summed E-state index contributed by atoms with van der Waals surface area (Å²) >= 11 is 0. The summed E-state index contributed by atoms with van der Waals surface area (Å²) < 4.78 is 0. The van der Waals surface area contributed by atoms with E-state index in [0.717, 1.165) is 32.2 Å². The van der Waals surface area contributed by atoms with Crippen LogP contribution in [0.25, 0.3) is 0 Å². The van der Waals surface area contributed by atoms with Crippen molar-refractivity contribution in [3.63, 3.8) is 0 Å². The molecule has 34 heavy (non-hydrogen) atoms.